The fourth-order valence-electron chi connectivity index (χ4n) is 3.22. The highest BCUT2D eigenvalue weighted by Gasteiger charge is 2.24. The highest BCUT2D eigenvalue weighted by atomic mass is 35.5. The van der Waals surface area contributed by atoms with Gasteiger partial charge in [-0.05, 0) is 36.2 Å². The van der Waals surface area contributed by atoms with E-state index >= 15 is 0 Å². The number of methoxy groups -OCH3 is 1. The smallest absolute Gasteiger partial charge is 0.179 e. The standard InChI is InChI=1S/C19H24ClN3O2/c1-3-25-19-16(20)9-14(10-18(19)24-2)13-23-8-7-22-12-17(23)15-5-4-6-21-11-15/h4-6,9-11,17,22H,3,7-8,12-13H2,1-2H3. The average Bonchev–Trinajstić information content (AvgIpc) is 2.65. The van der Waals surface area contributed by atoms with Gasteiger partial charge in [0.05, 0.1) is 18.7 Å². The first-order chi connectivity index (χ1) is 12.2. The maximum absolute atomic E-state index is 6.42. The van der Waals surface area contributed by atoms with E-state index in [0.717, 1.165) is 31.7 Å². The van der Waals surface area contributed by atoms with Crippen molar-refractivity contribution >= 4 is 11.6 Å². The second-order valence-electron chi connectivity index (χ2n) is 6.02. The Morgan fingerprint density at radius 1 is 1.40 bits per heavy atom. The Hall–Kier alpha value is -1.82. The number of piperazine rings is 1. The van der Waals surface area contributed by atoms with Gasteiger partial charge in [0.15, 0.2) is 11.5 Å². The number of rotatable bonds is 6. The van der Waals surface area contributed by atoms with Gasteiger partial charge in [-0.25, -0.2) is 0 Å². The fourth-order valence-corrected chi connectivity index (χ4v) is 3.51. The predicted octanol–water partition coefficient (Wildman–Crippen LogP) is 3.29. The molecule has 5 nitrogen and oxygen atoms in total. The molecule has 0 amide bonds. The number of nitrogens with zero attached hydrogens (tertiary/aromatic N) is 2. The minimum Gasteiger partial charge on any atom is -0.493 e. The number of ether oxygens (including phenoxy) is 2. The lowest BCUT2D eigenvalue weighted by Crippen LogP contribution is -2.45. The van der Waals surface area contributed by atoms with E-state index in [1.165, 1.54) is 5.56 Å². The maximum atomic E-state index is 6.42. The lowest BCUT2D eigenvalue weighted by molar-refractivity contribution is 0.153. The molecular weight excluding hydrogens is 338 g/mol. The number of pyridine rings is 1. The molecule has 0 bridgehead atoms. The van der Waals surface area contributed by atoms with E-state index in [1.807, 2.05) is 31.3 Å². The number of nitrogens with one attached hydrogen (secondary N) is 1. The van der Waals surface area contributed by atoms with E-state index in [0.29, 0.717) is 29.2 Å². The number of hydrogen-bond acceptors (Lipinski definition) is 5. The Labute approximate surface area is 153 Å². The van der Waals surface area contributed by atoms with Crippen molar-refractivity contribution in [2.45, 2.75) is 19.5 Å². The molecule has 0 aliphatic carbocycles. The van der Waals surface area contributed by atoms with Crippen molar-refractivity contribution in [3.8, 4) is 11.5 Å². The first-order valence-corrected chi connectivity index (χ1v) is 8.94. The van der Waals surface area contributed by atoms with Gasteiger partial charge in [0.1, 0.15) is 0 Å². The third-order valence-corrected chi connectivity index (χ3v) is 4.67. The van der Waals surface area contributed by atoms with Crippen molar-refractivity contribution < 1.29 is 9.47 Å². The van der Waals surface area contributed by atoms with Gasteiger partial charge in [0, 0.05) is 44.6 Å². The molecule has 1 saturated heterocycles. The van der Waals surface area contributed by atoms with Gasteiger partial charge in [-0.2, -0.15) is 0 Å². The Morgan fingerprint density at radius 2 is 2.28 bits per heavy atom. The molecule has 134 valence electrons. The minimum atomic E-state index is 0.291. The topological polar surface area (TPSA) is 46.6 Å². The van der Waals surface area contributed by atoms with Crippen LogP contribution in [0, 0.1) is 0 Å². The minimum absolute atomic E-state index is 0.291. The first kappa shape index (κ1) is 18.0. The van der Waals surface area contributed by atoms with E-state index in [1.54, 1.807) is 13.3 Å². The van der Waals surface area contributed by atoms with E-state index < -0.39 is 0 Å². The van der Waals surface area contributed by atoms with Crippen LogP contribution < -0.4 is 14.8 Å². The van der Waals surface area contributed by atoms with Gasteiger partial charge < -0.3 is 14.8 Å². The lowest BCUT2D eigenvalue weighted by Gasteiger charge is -2.36. The van der Waals surface area contributed by atoms with Crippen molar-refractivity contribution in [3.63, 3.8) is 0 Å². The van der Waals surface area contributed by atoms with E-state index in [4.69, 9.17) is 21.1 Å². The van der Waals surface area contributed by atoms with Gasteiger partial charge in [-0.3, -0.25) is 9.88 Å². The maximum Gasteiger partial charge on any atom is 0.179 e. The second kappa shape index (κ2) is 8.52. The molecule has 1 aromatic heterocycles. The van der Waals surface area contributed by atoms with Crippen LogP contribution in [0.1, 0.15) is 24.1 Å². The van der Waals surface area contributed by atoms with E-state index in [9.17, 15) is 0 Å². The SMILES string of the molecule is CCOc1c(Cl)cc(CN2CCNCC2c2cccnc2)cc1OC. The monoisotopic (exact) mass is 361 g/mol. The Morgan fingerprint density at radius 3 is 3.00 bits per heavy atom. The van der Waals surface area contributed by atoms with E-state index in [-0.39, 0.29) is 0 Å². The van der Waals surface area contributed by atoms with Crippen molar-refractivity contribution in [3.05, 3.63) is 52.8 Å². The summed E-state index contributed by atoms with van der Waals surface area (Å²) < 4.78 is 11.1. The van der Waals surface area contributed by atoms with Gasteiger partial charge >= 0.3 is 0 Å². The van der Waals surface area contributed by atoms with Crippen molar-refractivity contribution in [2.75, 3.05) is 33.4 Å². The average molecular weight is 362 g/mol. The summed E-state index contributed by atoms with van der Waals surface area (Å²) in [6, 6.07) is 8.39. The molecule has 3 rings (SSSR count). The molecule has 0 saturated carbocycles. The number of halogens is 1. The third kappa shape index (κ3) is 4.24. The highest BCUT2D eigenvalue weighted by molar-refractivity contribution is 6.32. The van der Waals surface area contributed by atoms with Gasteiger partial charge in [-0.15, -0.1) is 0 Å². The molecule has 1 N–H and O–H groups in total. The molecule has 25 heavy (non-hydrogen) atoms. The van der Waals surface area contributed by atoms with Crippen LogP contribution in [0.5, 0.6) is 11.5 Å². The quantitative estimate of drug-likeness (QED) is 0.855. The predicted molar refractivity (Wildman–Crippen MR) is 99.4 cm³/mol. The fraction of sp³-hybridized carbons (Fsp3) is 0.421. The summed E-state index contributed by atoms with van der Waals surface area (Å²) >= 11 is 6.42. The Bertz CT molecular complexity index is 697. The van der Waals surface area contributed by atoms with Crippen LogP contribution in [-0.4, -0.2) is 43.2 Å². The van der Waals surface area contributed by atoms with Crippen molar-refractivity contribution in [2.24, 2.45) is 0 Å². The number of hydrogen-bond donors (Lipinski definition) is 1. The van der Waals surface area contributed by atoms with Crippen molar-refractivity contribution in [1.29, 1.82) is 0 Å². The molecule has 1 aromatic carbocycles. The summed E-state index contributed by atoms with van der Waals surface area (Å²) in [5, 5.41) is 4.06. The summed E-state index contributed by atoms with van der Waals surface area (Å²) in [7, 11) is 1.64. The van der Waals surface area contributed by atoms with Crippen LogP contribution >= 0.6 is 11.6 Å². The van der Waals surface area contributed by atoms with Crippen LogP contribution in [0.15, 0.2) is 36.7 Å². The Balaban J connectivity index is 1.83. The molecule has 0 radical (unpaired) electrons. The van der Waals surface area contributed by atoms with Crippen LogP contribution in [-0.2, 0) is 6.54 Å². The number of benzene rings is 1. The second-order valence-corrected chi connectivity index (χ2v) is 6.43. The summed E-state index contributed by atoms with van der Waals surface area (Å²) in [6.45, 7) is 6.13. The van der Waals surface area contributed by atoms with Crippen LogP contribution in [0.3, 0.4) is 0 Å². The lowest BCUT2D eigenvalue weighted by atomic mass is 10.0. The molecule has 2 heterocycles. The molecule has 1 fully saturated rings. The van der Waals surface area contributed by atoms with E-state index in [2.05, 4.69) is 21.3 Å². The zero-order valence-electron chi connectivity index (χ0n) is 14.7. The summed E-state index contributed by atoms with van der Waals surface area (Å²) in [4.78, 5) is 6.71. The number of aromatic nitrogens is 1. The largest absolute Gasteiger partial charge is 0.493 e. The zero-order chi connectivity index (χ0) is 17.6. The molecule has 1 atom stereocenters. The summed E-state index contributed by atoms with van der Waals surface area (Å²) in [6.07, 6.45) is 3.75. The molecule has 1 aliphatic heterocycles. The first-order valence-electron chi connectivity index (χ1n) is 8.56. The Kier molecular flexibility index (Phi) is 6.13. The molecule has 6 heteroatoms. The van der Waals surface area contributed by atoms with Gasteiger partial charge in [0.25, 0.3) is 0 Å². The molecule has 1 aliphatic rings. The van der Waals surface area contributed by atoms with Gasteiger partial charge in [0.2, 0.25) is 0 Å². The molecule has 1 unspecified atom stereocenters. The van der Waals surface area contributed by atoms with Crippen LogP contribution in [0.25, 0.3) is 0 Å². The third-order valence-electron chi connectivity index (χ3n) is 4.39. The summed E-state index contributed by atoms with van der Waals surface area (Å²) in [5.74, 6) is 1.29. The molecule has 2 aromatic rings. The zero-order valence-corrected chi connectivity index (χ0v) is 15.4. The summed E-state index contributed by atoms with van der Waals surface area (Å²) in [5.41, 5.74) is 2.33. The molecular formula is C19H24ClN3O2. The highest BCUT2D eigenvalue weighted by Crippen LogP contribution is 2.37. The van der Waals surface area contributed by atoms with Crippen LogP contribution in [0.2, 0.25) is 5.02 Å². The van der Waals surface area contributed by atoms with Gasteiger partial charge in [-0.1, -0.05) is 17.7 Å². The normalized spacial score (nSPS) is 18.1. The van der Waals surface area contributed by atoms with Crippen molar-refractivity contribution in [1.82, 2.24) is 15.2 Å². The molecule has 0 spiro atoms. The van der Waals surface area contributed by atoms with Crippen LogP contribution in [0.4, 0.5) is 0 Å².